The van der Waals surface area contributed by atoms with E-state index in [1.165, 1.54) is 28.6 Å². The van der Waals surface area contributed by atoms with Crippen LogP contribution < -0.4 is 9.62 Å². The van der Waals surface area contributed by atoms with Gasteiger partial charge in [0.05, 0.1) is 22.7 Å². The van der Waals surface area contributed by atoms with Gasteiger partial charge in [0, 0.05) is 10.7 Å². The van der Waals surface area contributed by atoms with E-state index in [0.29, 0.717) is 16.3 Å². The number of carbonyl (C=O) groups excluding carboxylic acids is 1. The van der Waals surface area contributed by atoms with Crippen LogP contribution in [0.15, 0.2) is 102 Å². The van der Waals surface area contributed by atoms with Gasteiger partial charge in [0.25, 0.3) is 15.9 Å². The smallest absolute Gasteiger partial charge is 0.264 e. The molecule has 5 nitrogen and oxygen atoms in total. The first-order valence-corrected chi connectivity index (χ1v) is 12.6. The molecule has 0 aliphatic carbocycles. The van der Waals surface area contributed by atoms with Crippen molar-refractivity contribution in [1.29, 1.82) is 0 Å². The minimum Gasteiger partial charge on any atom is -0.322 e. The van der Waals surface area contributed by atoms with Crippen molar-refractivity contribution in [3.8, 4) is 0 Å². The molecule has 0 aliphatic rings. The van der Waals surface area contributed by atoms with Crippen molar-refractivity contribution in [2.24, 2.45) is 0 Å². The SMILES string of the molecule is Cc1ccc(S(=O)(=O)N(Cc2ccc(Cl)cc2)c2ccccc2C(=O)Nc2ccc(F)cc2)cc1. The third kappa shape index (κ3) is 5.70. The number of benzene rings is 4. The Morgan fingerprint density at radius 3 is 2.17 bits per heavy atom. The zero-order valence-corrected chi connectivity index (χ0v) is 20.4. The van der Waals surface area contributed by atoms with Gasteiger partial charge in [-0.2, -0.15) is 0 Å². The largest absolute Gasteiger partial charge is 0.322 e. The molecule has 1 amide bonds. The zero-order valence-electron chi connectivity index (χ0n) is 18.8. The predicted octanol–water partition coefficient (Wildman–Crippen LogP) is 6.44. The Labute approximate surface area is 208 Å². The highest BCUT2D eigenvalue weighted by molar-refractivity contribution is 7.92. The average Bonchev–Trinajstić information content (AvgIpc) is 2.85. The van der Waals surface area contributed by atoms with Gasteiger partial charge in [-0.1, -0.05) is 53.6 Å². The van der Waals surface area contributed by atoms with Crippen molar-refractivity contribution >= 4 is 38.9 Å². The number of para-hydroxylation sites is 1. The van der Waals surface area contributed by atoms with Gasteiger partial charge < -0.3 is 5.32 Å². The Bertz CT molecular complexity index is 1440. The Morgan fingerprint density at radius 1 is 0.886 bits per heavy atom. The number of hydrogen-bond donors (Lipinski definition) is 1. The average molecular weight is 509 g/mol. The minimum atomic E-state index is -4.04. The fourth-order valence-corrected chi connectivity index (χ4v) is 5.11. The number of amides is 1. The molecule has 0 atom stereocenters. The fraction of sp³-hybridized carbons (Fsp3) is 0.0741. The third-order valence-corrected chi connectivity index (χ3v) is 7.39. The molecule has 8 heteroatoms. The molecule has 0 fully saturated rings. The molecule has 178 valence electrons. The lowest BCUT2D eigenvalue weighted by atomic mass is 10.1. The van der Waals surface area contributed by atoms with Crippen LogP contribution in [0.4, 0.5) is 15.8 Å². The second kappa shape index (κ2) is 10.3. The third-order valence-electron chi connectivity index (χ3n) is 5.37. The highest BCUT2D eigenvalue weighted by atomic mass is 35.5. The highest BCUT2D eigenvalue weighted by Crippen LogP contribution is 2.30. The lowest BCUT2D eigenvalue weighted by Crippen LogP contribution is -2.32. The molecule has 4 rings (SSSR count). The van der Waals surface area contributed by atoms with Gasteiger partial charge in [-0.15, -0.1) is 0 Å². The van der Waals surface area contributed by atoms with Crippen LogP contribution >= 0.6 is 11.6 Å². The number of halogens is 2. The van der Waals surface area contributed by atoms with Gasteiger partial charge in [0.15, 0.2) is 0 Å². The second-order valence-corrected chi connectivity index (χ2v) is 10.2. The predicted molar refractivity (Wildman–Crippen MR) is 137 cm³/mol. The molecule has 0 saturated heterocycles. The van der Waals surface area contributed by atoms with E-state index in [9.17, 15) is 17.6 Å². The van der Waals surface area contributed by atoms with Crippen LogP contribution in [-0.4, -0.2) is 14.3 Å². The summed E-state index contributed by atoms with van der Waals surface area (Å²) in [5, 5.41) is 3.23. The summed E-state index contributed by atoms with van der Waals surface area (Å²) in [7, 11) is -4.04. The fourth-order valence-electron chi connectivity index (χ4n) is 3.51. The number of anilines is 2. The van der Waals surface area contributed by atoms with E-state index in [1.54, 1.807) is 72.8 Å². The summed E-state index contributed by atoms with van der Waals surface area (Å²) < 4.78 is 42.1. The molecule has 0 aliphatic heterocycles. The van der Waals surface area contributed by atoms with Crippen LogP contribution in [0.2, 0.25) is 5.02 Å². The summed E-state index contributed by atoms with van der Waals surface area (Å²) in [5.74, 6) is -0.950. The molecule has 0 bridgehead atoms. The Morgan fingerprint density at radius 2 is 1.51 bits per heavy atom. The molecule has 4 aromatic rings. The monoisotopic (exact) mass is 508 g/mol. The van der Waals surface area contributed by atoms with Crippen LogP contribution in [0.25, 0.3) is 0 Å². The Kier molecular flexibility index (Phi) is 7.19. The topological polar surface area (TPSA) is 66.5 Å². The molecule has 4 aromatic carbocycles. The van der Waals surface area contributed by atoms with Gasteiger partial charge in [0.2, 0.25) is 0 Å². The Hall–Kier alpha value is -3.68. The van der Waals surface area contributed by atoms with Crippen molar-refractivity contribution in [3.63, 3.8) is 0 Å². The van der Waals surface area contributed by atoms with Crippen molar-refractivity contribution in [2.75, 3.05) is 9.62 Å². The number of sulfonamides is 1. The maximum atomic E-state index is 13.8. The lowest BCUT2D eigenvalue weighted by molar-refractivity contribution is 0.102. The molecule has 0 saturated carbocycles. The summed E-state index contributed by atoms with van der Waals surface area (Å²) in [6.45, 7) is 1.85. The summed E-state index contributed by atoms with van der Waals surface area (Å²) in [6.07, 6.45) is 0. The van der Waals surface area contributed by atoms with Crippen LogP contribution in [0, 0.1) is 12.7 Å². The summed E-state index contributed by atoms with van der Waals surface area (Å²) >= 11 is 6.01. The summed E-state index contributed by atoms with van der Waals surface area (Å²) in [5.41, 5.74) is 2.37. The van der Waals surface area contributed by atoms with Crippen molar-refractivity contribution < 1.29 is 17.6 Å². The maximum Gasteiger partial charge on any atom is 0.264 e. The van der Waals surface area contributed by atoms with E-state index in [1.807, 2.05) is 6.92 Å². The normalized spacial score (nSPS) is 11.2. The van der Waals surface area contributed by atoms with Crippen molar-refractivity contribution in [2.45, 2.75) is 18.4 Å². The van der Waals surface area contributed by atoms with Crippen molar-refractivity contribution in [3.05, 3.63) is 125 Å². The van der Waals surface area contributed by atoms with Gasteiger partial charge in [-0.25, -0.2) is 12.8 Å². The van der Waals surface area contributed by atoms with Gasteiger partial charge >= 0.3 is 0 Å². The Balaban J connectivity index is 1.78. The van der Waals surface area contributed by atoms with E-state index in [4.69, 9.17) is 11.6 Å². The number of carbonyl (C=O) groups is 1. The van der Waals surface area contributed by atoms with E-state index in [2.05, 4.69) is 5.32 Å². The molecule has 0 radical (unpaired) electrons. The first kappa shape index (κ1) is 24.4. The summed E-state index contributed by atoms with van der Waals surface area (Å²) in [6, 6.07) is 25.2. The van der Waals surface area contributed by atoms with Crippen molar-refractivity contribution in [1.82, 2.24) is 0 Å². The van der Waals surface area contributed by atoms with Gasteiger partial charge in [-0.3, -0.25) is 9.10 Å². The standard InChI is InChI=1S/C27H22ClFN2O3S/c1-19-6-16-24(17-7-19)35(33,34)31(18-20-8-10-21(28)11-9-20)26-5-3-2-4-25(26)27(32)30-23-14-12-22(29)13-15-23/h2-17H,18H2,1H3,(H,30,32). The highest BCUT2D eigenvalue weighted by Gasteiger charge is 2.28. The molecule has 35 heavy (non-hydrogen) atoms. The molecule has 0 aromatic heterocycles. The molecular weight excluding hydrogens is 487 g/mol. The minimum absolute atomic E-state index is 0.0196. The van der Waals surface area contributed by atoms with E-state index < -0.39 is 21.7 Å². The molecule has 1 N–H and O–H groups in total. The maximum absolute atomic E-state index is 13.8. The number of nitrogens with one attached hydrogen (secondary N) is 1. The lowest BCUT2D eigenvalue weighted by Gasteiger charge is -2.27. The van der Waals surface area contributed by atoms with E-state index in [-0.39, 0.29) is 22.7 Å². The van der Waals surface area contributed by atoms with E-state index >= 15 is 0 Å². The van der Waals surface area contributed by atoms with E-state index in [0.717, 1.165) is 5.56 Å². The molecule has 0 unspecified atom stereocenters. The van der Waals surface area contributed by atoms with Crippen LogP contribution in [-0.2, 0) is 16.6 Å². The van der Waals surface area contributed by atoms with Gasteiger partial charge in [-0.05, 0) is 73.2 Å². The van der Waals surface area contributed by atoms with Crippen LogP contribution in [0.1, 0.15) is 21.5 Å². The first-order valence-electron chi connectivity index (χ1n) is 10.7. The first-order chi connectivity index (χ1) is 16.7. The number of rotatable bonds is 7. The number of nitrogens with zero attached hydrogens (tertiary/aromatic N) is 1. The number of hydrogen-bond acceptors (Lipinski definition) is 3. The molecular formula is C27H22ClFN2O3S. The van der Waals surface area contributed by atoms with Crippen LogP contribution in [0.5, 0.6) is 0 Å². The summed E-state index contributed by atoms with van der Waals surface area (Å²) in [4.78, 5) is 13.3. The van der Waals surface area contributed by atoms with Crippen LogP contribution in [0.3, 0.4) is 0 Å². The van der Waals surface area contributed by atoms with Gasteiger partial charge in [0.1, 0.15) is 5.82 Å². The molecule has 0 spiro atoms. The zero-order chi connectivity index (χ0) is 25.0. The number of aryl methyl sites for hydroxylation is 1. The molecule has 0 heterocycles. The second-order valence-electron chi connectivity index (χ2n) is 7.93. The quantitative estimate of drug-likeness (QED) is 0.312.